The first-order chi connectivity index (χ1) is 19.0. The number of rotatable bonds is 6. The predicted molar refractivity (Wildman–Crippen MR) is 155 cm³/mol. The lowest BCUT2D eigenvalue weighted by Gasteiger charge is -2.39. The second-order valence-electron chi connectivity index (χ2n) is 10.4. The molecule has 1 aromatic carbocycles. The summed E-state index contributed by atoms with van der Waals surface area (Å²) >= 11 is 5.99. The van der Waals surface area contributed by atoms with Crippen LogP contribution in [0.2, 0.25) is 5.02 Å². The molecule has 3 atom stereocenters. The summed E-state index contributed by atoms with van der Waals surface area (Å²) in [6.45, 7) is 5.71. The predicted octanol–water partition coefficient (Wildman–Crippen LogP) is 4.13. The molecule has 11 heteroatoms. The van der Waals surface area contributed by atoms with Crippen LogP contribution < -0.4 is 10.2 Å². The van der Waals surface area contributed by atoms with E-state index >= 15 is 0 Å². The van der Waals surface area contributed by atoms with Crippen molar-refractivity contribution < 1.29 is 18.3 Å². The van der Waals surface area contributed by atoms with Crippen molar-refractivity contribution in [2.75, 3.05) is 24.2 Å². The maximum atomic E-state index is 12.7. The van der Waals surface area contributed by atoms with E-state index in [0.717, 1.165) is 36.2 Å². The molecule has 1 aliphatic rings. The lowest BCUT2D eigenvalue weighted by Crippen LogP contribution is -2.47. The number of nitrogens with zero attached hydrogens (tertiary/aromatic N) is 4. The average Bonchev–Trinajstić information content (AvgIpc) is 2.93. The SMILES string of the molecule is C[C@@H]1CN(c2cccc(-c3ccc4cnc(CNC(=O)c5ccc(Cl)c(S(C)(=O)=O)c5)cc4n3)n2)C[C@H](C)C1O. The van der Waals surface area contributed by atoms with Crippen molar-refractivity contribution in [2.45, 2.75) is 31.4 Å². The monoisotopic (exact) mass is 579 g/mol. The quantitative estimate of drug-likeness (QED) is 0.349. The van der Waals surface area contributed by atoms with Gasteiger partial charge in [0.15, 0.2) is 9.84 Å². The molecule has 5 rings (SSSR count). The van der Waals surface area contributed by atoms with Crippen LogP contribution in [-0.4, -0.2) is 59.8 Å². The third kappa shape index (κ3) is 5.94. The van der Waals surface area contributed by atoms with Gasteiger partial charge in [-0.05, 0) is 60.4 Å². The Morgan fingerprint density at radius 1 is 1.05 bits per heavy atom. The second-order valence-corrected chi connectivity index (χ2v) is 12.8. The van der Waals surface area contributed by atoms with Gasteiger partial charge in [-0.25, -0.2) is 18.4 Å². The molecule has 3 aromatic heterocycles. The molecule has 0 saturated carbocycles. The minimum Gasteiger partial charge on any atom is -0.392 e. The number of carbonyl (C=O) groups excluding carboxylic acids is 1. The Morgan fingerprint density at radius 2 is 1.77 bits per heavy atom. The summed E-state index contributed by atoms with van der Waals surface area (Å²) in [7, 11) is -3.57. The standard InChI is InChI=1S/C29H30ClN5O4S/c1-17-15-35(16-18(2)28(17)36)27-6-4-5-23(34-27)24-10-8-20-13-31-21(12-25(20)33-24)14-32-29(37)19-7-9-22(30)26(11-19)40(3,38)39/h4-13,17-18,28,36H,14-16H2,1-3H3,(H,32,37)/t17-,18+,28?. The maximum Gasteiger partial charge on any atom is 0.251 e. The van der Waals surface area contributed by atoms with E-state index in [0.29, 0.717) is 16.9 Å². The highest BCUT2D eigenvalue weighted by Crippen LogP contribution is 2.28. The lowest BCUT2D eigenvalue weighted by atomic mass is 9.88. The van der Waals surface area contributed by atoms with Crippen molar-refractivity contribution in [1.29, 1.82) is 0 Å². The summed E-state index contributed by atoms with van der Waals surface area (Å²) < 4.78 is 23.9. The van der Waals surface area contributed by atoms with Gasteiger partial charge in [0.05, 0.1) is 45.2 Å². The summed E-state index contributed by atoms with van der Waals surface area (Å²) in [6.07, 6.45) is 2.43. The molecule has 0 spiro atoms. The summed E-state index contributed by atoms with van der Waals surface area (Å²) in [4.78, 5) is 28.9. The van der Waals surface area contributed by atoms with Gasteiger partial charge < -0.3 is 15.3 Å². The first-order valence-electron chi connectivity index (χ1n) is 12.9. The minimum absolute atomic E-state index is 0.0657. The van der Waals surface area contributed by atoms with E-state index in [2.05, 4.69) is 29.0 Å². The van der Waals surface area contributed by atoms with Crippen LogP contribution >= 0.6 is 11.6 Å². The number of nitrogens with one attached hydrogen (secondary N) is 1. The van der Waals surface area contributed by atoms with Crippen LogP contribution in [0.15, 0.2) is 65.7 Å². The molecule has 1 unspecified atom stereocenters. The topological polar surface area (TPSA) is 125 Å². The molecule has 4 heterocycles. The summed E-state index contributed by atoms with van der Waals surface area (Å²) in [6, 6.07) is 15.6. The van der Waals surface area contributed by atoms with Crippen molar-refractivity contribution in [1.82, 2.24) is 20.3 Å². The fourth-order valence-corrected chi connectivity index (χ4v) is 6.28. The van der Waals surface area contributed by atoms with E-state index in [9.17, 15) is 18.3 Å². The molecule has 1 saturated heterocycles. The van der Waals surface area contributed by atoms with Crippen molar-refractivity contribution >= 4 is 44.1 Å². The molecular formula is C29H30ClN5O4S. The summed E-state index contributed by atoms with van der Waals surface area (Å²) in [5, 5.41) is 14.0. The first kappa shape index (κ1) is 27.9. The third-order valence-corrected chi connectivity index (χ3v) is 8.74. The van der Waals surface area contributed by atoms with E-state index in [1.807, 2.05) is 36.4 Å². The van der Waals surface area contributed by atoms with E-state index in [-0.39, 0.29) is 40.0 Å². The highest BCUT2D eigenvalue weighted by atomic mass is 35.5. The zero-order chi connectivity index (χ0) is 28.6. The third-order valence-electron chi connectivity index (χ3n) is 7.16. The van der Waals surface area contributed by atoms with Crippen LogP contribution in [0.5, 0.6) is 0 Å². The number of pyridine rings is 3. The molecule has 0 radical (unpaired) electrons. The number of aromatic nitrogens is 3. The Balaban J connectivity index is 1.34. The number of amides is 1. The Bertz CT molecular complexity index is 1690. The number of sulfone groups is 1. The molecule has 4 aromatic rings. The van der Waals surface area contributed by atoms with E-state index in [1.54, 1.807) is 6.20 Å². The van der Waals surface area contributed by atoms with E-state index in [4.69, 9.17) is 21.6 Å². The maximum absolute atomic E-state index is 12.7. The van der Waals surface area contributed by atoms with Gasteiger partial charge in [0.2, 0.25) is 0 Å². The molecule has 1 aliphatic heterocycles. The van der Waals surface area contributed by atoms with Gasteiger partial charge in [0, 0.05) is 36.5 Å². The molecule has 40 heavy (non-hydrogen) atoms. The zero-order valence-corrected chi connectivity index (χ0v) is 23.9. The fraction of sp³-hybridized carbons (Fsp3) is 0.310. The largest absolute Gasteiger partial charge is 0.392 e. The van der Waals surface area contributed by atoms with Crippen molar-refractivity contribution in [3.8, 4) is 11.4 Å². The molecule has 0 aliphatic carbocycles. The van der Waals surface area contributed by atoms with Gasteiger partial charge >= 0.3 is 0 Å². The van der Waals surface area contributed by atoms with Crippen LogP contribution in [0.3, 0.4) is 0 Å². The number of anilines is 1. The highest BCUT2D eigenvalue weighted by molar-refractivity contribution is 7.90. The Hall–Kier alpha value is -3.60. The number of fused-ring (bicyclic) bond motifs is 1. The smallest absolute Gasteiger partial charge is 0.251 e. The first-order valence-corrected chi connectivity index (χ1v) is 15.2. The number of halogens is 1. The molecule has 1 fully saturated rings. The van der Waals surface area contributed by atoms with E-state index < -0.39 is 15.7 Å². The number of aliphatic hydroxyl groups is 1. The van der Waals surface area contributed by atoms with Gasteiger partial charge in [-0.1, -0.05) is 31.5 Å². The van der Waals surface area contributed by atoms with Gasteiger partial charge in [0.1, 0.15) is 5.82 Å². The van der Waals surface area contributed by atoms with Gasteiger partial charge in [0.25, 0.3) is 5.91 Å². The molecule has 0 bridgehead atoms. The van der Waals surface area contributed by atoms with Crippen molar-refractivity contribution in [2.24, 2.45) is 11.8 Å². The second kappa shape index (κ2) is 11.1. The summed E-state index contributed by atoms with van der Waals surface area (Å²) in [5.41, 5.74) is 2.94. The van der Waals surface area contributed by atoms with Crippen LogP contribution in [-0.2, 0) is 16.4 Å². The fourth-order valence-electron chi connectivity index (χ4n) is 4.97. The van der Waals surface area contributed by atoms with Gasteiger partial charge in [-0.15, -0.1) is 0 Å². The number of hydrogen-bond acceptors (Lipinski definition) is 8. The molecule has 1 amide bonds. The lowest BCUT2D eigenvalue weighted by molar-refractivity contribution is 0.0527. The number of carbonyl (C=O) groups is 1. The van der Waals surface area contributed by atoms with Gasteiger partial charge in [-0.3, -0.25) is 9.78 Å². The average molecular weight is 580 g/mol. The Labute approximate surface area is 238 Å². The van der Waals surface area contributed by atoms with Crippen molar-refractivity contribution in [3.63, 3.8) is 0 Å². The van der Waals surface area contributed by atoms with Crippen LogP contribution in [0.1, 0.15) is 29.9 Å². The summed E-state index contributed by atoms with van der Waals surface area (Å²) in [5.74, 6) is 0.714. The number of hydrogen-bond donors (Lipinski definition) is 2. The molecule has 9 nitrogen and oxygen atoms in total. The normalized spacial score (nSPS) is 19.5. The highest BCUT2D eigenvalue weighted by Gasteiger charge is 2.31. The minimum atomic E-state index is -3.57. The van der Waals surface area contributed by atoms with Crippen LogP contribution in [0.4, 0.5) is 5.82 Å². The Kier molecular flexibility index (Phi) is 7.76. The van der Waals surface area contributed by atoms with Crippen molar-refractivity contribution in [3.05, 3.63) is 77.1 Å². The molecular weight excluding hydrogens is 550 g/mol. The Morgan fingerprint density at radius 3 is 2.50 bits per heavy atom. The van der Waals surface area contributed by atoms with Crippen LogP contribution in [0.25, 0.3) is 22.3 Å². The molecule has 208 valence electrons. The van der Waals surface area contributed by atoms with E-state index in [1.165, 1.54) is 18.2 Å². The number of aliphatic hydroxyl groups excluding tert-OH is 1. The number of benzene rings is 1. The zero-order valence-electron chi connectivity index (χ0n) is 22.4. The van der Waals surface area contributed by atoms with Gasteiger partial charge in [-0.2, -0.15) is 0 Å². The molecule has 2 N–H and O–H groups in total. The number of piperidine rings is 1. The van der Waals surface area contributed by atoms with Crippen LogP contribution in [0, 0.1) is 11.8 Å².